The number of alkyl halides is 3. The highest BCUT2D eigenvalue weighted by molar-refractivity contribution is 5.63. The van der Waals surface area contributed by atoms with Crippen LogP contribution in [0.2, 0.25) is 0 Å². The molecule has 27 heavy (non-hydrogen) atoms. The summed E-state index contributed by atoms with van der Waals surface area (Å²) in [6.45, 7) is 1.88. The van der Waals surface area contributed by atoms with Crippen LogP contribution in [0, 0.1) is 18.3 Å². The fourth-order valence-corrected chi connectivity index (χ4v) is 2.94. The molecule has 1 heterocycles. The molecule has 0 fully saturated rings. The Hall–Kier alpha value is -3.33. The molecule has 3 nitrogen and oxygen atoms in total. The van der Waals surface area contributed by atoms with E-state index in [1.165, 1.54) is 10.6 Å². The van der Waals surface area contributed by atoms with Crippen LogP contribution in [0.1, 0.15) is 22.3 Å². The number of hydrogen-bond donors (Lipinski definition) is 0. The van der Waals surface area contributed by atoms with Gasteiger partial charge in [0.25, 0.3) is 5.56 Å². The minimum atomic E-state index is -4.80. The number of hydrogen-bond acceptors (Lipinski definition) is 2. The van der Waals surface area contributed by atoms with Crippen molar-refractivity contribution in [3.8, 4) is 17.3 Å². The molecule has 0 spiro atoms. The van der Waals surface area contributed by atoms with E-state index in [0.717, 1.165) is 17.2 Å². The number of rotatable bonds is 3. The average molecular weight is 368 g/mol. The van der Waals surface area contributed by atoms with Gasteiger partial charge in [-0.05, 0) is 30.2 Å². The van der Waals surface area contributed by atoms with Crippen molar-refractivity contribution >= 4 is 0 Å². The van der Waals surface area contributed by atoms with E-state index in [-0.39, 0.29) is 12.2 Å². The van der Waals surface area contributed by atoms with Crippen LogP contribution in [0.25, 0.3) is 11.3 Å². The van der Waals surface area contributed by atoms with Crippen molar-refractivity contribution < 1.29 is 13.2 Å². The standard InChI is InChI=1S/C21H15F3N2O/c1-14-6-5-9-16(10-14)19-11-18(21(22,23)24)17(12-25)20(27)26(19)13-15-7-3-2-4-8-15/h2-11H,13H2,1H3. The molecule has 0 aliphatic heterocycles. The van der Waals surface area contributed by atoms with Crippen molar-refractivity contribution in [2.75, 3.05) is 0 Å². The van der Waals surface area contributed by atoms with E-state index in [0.29, 0.717) is 5.56 Å². The normalized spacial score (nSPS) is 11.2. The van der Waals surface area contributed by atoms with Gasteiger partial charge >= 0.3 is 6.18 Å². The van der Waals surface area contributed by atoms with Gasteiger partial charge in [-0.2, -0.15) is 18.4 Å². The maximum absolute atomic E-state index is 13.4. The summed E-state index contributed by atoms with van der Waals surface area (Å²) >= 11 is 0. The van der Waals surface area contributed by atoms with Crippen LogP contribution >= 0.6 is 0 Å². The molecule has 6 heteroatoms. The van der Waals surface area contributed by atoms with E-state index >= 15 is 0 Å². The van der Waals surface area contributed by atoms with Crippen molar-refractivity contribution in [2.45, 2.75) is 19.6 Å². The van der Waals surface area contributed by atoms with Gasteiger partial charge in [-0.1, -0.05) is 54.1 Å². The van der Waals surface area contributed by atoms with Crippen molar-refractivity contribution in [1.29, 1.82) is 5.26 Å². The molecule has 0 radical (unpaired) electrons. The Labute approximate surface area is 153 Å². The first-order valence-corrected chi connectivity index (χ1v) is 8.17. The summed E-state index contributed by atoms with van der Waals surface area (Å²) in [6.07, 6.45) is -4.80. The number of aryl methyl sites for hydroxylation is 1. The van der Waals surface area contributed by atoms with Gasteiger partial charge in [0.1, 0.15) is 11.6 Å². The van der Waals surface area contributed by atoms with Gasteiger partial charge in [-0.25, -0.2) is 0 Å². The van der Waals surface area contributed by atoms with Crippen LogP contribution in [0.4, 0.5) is 13.2 Å². The maximum atomic E-state index is 13.4. The van der Waals surface area contributed by atoms with Crippen LogP contribution in [-0.4, -0.2) is 4.57 Å². The first-order valence-electron chi connectivity index (χ1n) is 8.17. The van der Waals surface area contributed by atoms with Gasteiger partial charge in [-0.15, -0.1) is 0 Å². The third kappa shape index (κ3) is 3.77. The molecule has 1 aromatic heterocycles. The highest BCUT2D eigenvalue weighted by Gasteiger charge is 2.36. The quantitative estimate of drug-likeness (QED) is 0.669. The first kappa shape index (κ1) is 18.5. The zero-order valence-corrected chi connectivity index (χ0v) is 14.4. The van der Waals surface area contributed by atoms with Gasteiger partial charge in [0, 0.05) is 0 Å². The highest BCUT2D eigenvalue weighted by atomic mass is 19.4. The molecule has 0 saturated carbocycles. The van der Waals surface area contributed by atoms with Crippen LogP contribution in [0.15, 0.2) is 65.5 Å². The van der Waals surface area contributed by atoms with E-state index in [2.05, 4.69) is 0 Å². The minimum absolute atomic E-state index is 0.0652. The monoisotopic (exact) mass is 368 g/mol. The van der Waals surface area contributed by atoms with Crippen molar-refractivity contribution in [2.24, 2.45) is 0 Å². The molecule has 0 saturated heterocycles. The molecule has 3 rings (SSSR count). The molecule has 0 aliphatic carbocycles. The van der Waals surface area contributed by atoms with Crippen LogP contribution in [0.5, 0.6) is 0 Å². The fourth-order valence-electron chi connectivity index (χ4n) is 2.94. The third-order valence-corrected chi connectivity index (χ3v) is 4.21. The van der Waals surface area contributed by atoms with Crippen molar-refractivity contribution in [3.63, 3.8) is 0 Å². The summed E-state index contributed by atoms with van der Waals surface area (Å²) in [7, 11) is 0. The topological polar surface area (TPSA) is 45.8 Å². The van der Waals surface area contributed by atoms with E-state index in [1.54, 1.807) is 48.5 Å². The summed E-state index contributed by atoms with van der Waals surface area (Å²) in [6, 6.07) is 18.1. The molecule has 3 aromatic rings. The van der Waals surface area contributed by atoms with Gasteiger partial charge in [0.2, 0.25) is 0 Å². The van der Waals surface area contributed by atoms with Gasteiger partial charge in [0.05, 0.1) is 17.8 Å². The Bertz CT molecular complexity index is 1080. The molecule has 0 atom stereocenters. The molecular weight excluding hydrogens is 353 g/mol. The molecule has 0 N–H and O–H groups in total. The Balaban J connectivity index is 2.33. The predicted octanol–water partition coefficient (Wildman–Crippen LogP) is 4.76. The number of halogens is 3. The predicted molar refractivity (Wildman–Crippen MR) is 96.1 cm³/mol. The summed E-state index contributed by atoms with van der Waals surface area (Å²) < 4.78 is 41.6. The number of nitrogens with zero attached hydrogens (tertiary/aromatic N) is 2. The molecule has 0 unspecified atom stereocenters. The van der Waals surface area contributed by atoms with Gasteiger partial charge in [0.15, 0.2) is 0 Å². The van der Waals surface area contributed by atoms with E-state index < -0.39 is 22.9 Å². The van der Waals surface area contributed by atoms with Crippen LogP contribution in [-0.2, 0) is 12.7 Å². The van der Waals surface area contributed by atoms with E-state index in [1.807, 2.05) is 13.0 Å². The molecule has 2 aromatic carbocycles. The van der Waals surface area contributed by atoms with Crippen molar-refractivity contribution in [3.05, 3.63) is 93.3 Å². The Kier molecular flexibility index (Phi) is 4.87. The largest absolute Gasteiger partial charge is 0.417 e. The lowest BCUT2D eigenvalue weighted by Crippen LogP contribution is -2.28. The minimum Gasteiger partial charge on any atom is -0.303 e. The second-order valence-corrected chi connectivity index (χ2v) is 6.17. The highest BCUT2D eigenvalue weighted by Crippen LogP contribution is 2.33. The Morgan fingerprint density at radius 2 is 1.74 bits per heavy atom. The number of benzene rings is 2. The average Bonchev–Trinajstić information content (AvgIpc) is 2.63. The Morgan fingerprint density at radius 1 is 1.04 bits per heavy atom. The lowest BCUT2D eigenvalue weighted by atomic mass is 10.0. The third-order valence-electron chi connectivity index (χ3n) is 4.21. The van der Waals surface area contributed by atoms with E-state index in [4.69, 9.17) is 0 Å². The van der Waals surface area contributed by atoms with Crippen LogP contribution < -0.4 is 5.56 Å². The number of pyridine rings is 1. The molecule has 136 valence electrons. The molecule has 0 amide bonds. The second kappa shape index (κ2) is 7.12. The summed E-state index contributed by atoms with van der Waals surface area (Å²) in [4.78, 5) is 12.8. The lowest BCUT2D eigenvalue weighted by molar-refractivity contribution is -0.137. The summed E-state index contributed by atoms with van der Waals surface area (Å²) in [5, 5.41) is 9.20. The fraction of sp³-hybridized carbons (Fsp3) is 0.143. The molecule has 0 bridgehead atoms. The van der Waals surface area contributed by atoms with Gasteiger partial charge in [-0.3, -0.25) is 4.79 Å². The lowest BCUT2D eigenvalue weighted by Gasteiger charge is -2.18. The smallest absolute Gasteiger partial charge is 0.303 e. The SMILES string of the molecule is Cc1cccc(-c2cc(C(F)(F)F)c(C#N)c(=O)n2Cc2ccccc2)c1. The zero-order valence-electron chi connectivity index (χ0n) is 14.4. The molecular formula is C21H15F3N2O. The number of aromatic nitrogens is 1. The number of nitriles is 1. The Morgan fingerprint density at radius 3 is 2.33 bits per heavy atom. The zero-order chi connectivity index (χ0) is 19.6. The molecule has 0 aliphatic rings. The second-order valence-electron chi connectivity index (χ2n) is 6.17. The van der Waals surface area contributed by atoms with E-state index in [9.17, 15) is 23.2 Å². The van der Waals surface area contributed by atoms with Gasteiger partial charge < -0.3 is 4.57 Å². The van der Waals surface area contributed by atoms with Crippen molar-refractivity contribution in [1.82, 2.24) is 4.57 Å². The maximum Gasteiger partial charge on any atom is 0.417 e. The van der Waals surface area contributed by atoms with Crippen LogP contribution in [0.3, 0.4) is 0 Å². The summed E-state index contributed by atoms with van der Waals surface area (Å²) in [5.74, 6) is 0. The first-order chi connectivity index (χ1) is 12.8. The summed E-state index contributed by atoms with van der Waals surface area (Å²) in [5.41, 5.74) is -0.850.